The zero-order chi connectivity index (χ0) is 11.5. The Labute approximate surface area is 93.5 Å². The maximum atomic E-state index is 11.7. The number of nitrogens with zero attached hydrogens (tertiary/aromatic N) is 1. The fraction of sp³-hybridized carbons (Fsp3) is 0.333. The molecule has 1 aliphatic rings. The van der Waals surface area contributed by atoms with E-state index in [1.165, 1.54) is 0 Å². The average molecular weight is 219 g/mol. The highest BCUT2D eigenvalue weighted by Crippen LogP contribution is 2.26. The van der Waals surface area contributed by atoms with Gasteiger partial charge in [-0.25, -0.2) is 0 Å². The summed E-state index contributed by atoms with van der Waals surface area (Å²) in [5, 5.41) is 8.69. The summed E-state index contributed by atoms with van der Waals surface area (Å²) >= 11 is 0. The number of para-hydroxylation sites is 1. The molecule has 1 fully saturated rings. The highest BCUT2D eigenvalue weighted by atomic mass is 16.4. The maximum absolute atomic E-state index is 11.7. The van der Waals surface area contributed by atoms with Gasteiger partial charge in [0.1, 0.15) is 0 Å². The fourth-order valence-electron chi connectivity index (χ4n) is 2.02. The third-order valence-corrected chi connectivity index (χ3v) is 2.74. The second-order valence-electron chi connectivity index (χ2n) is 4.01. The van der Waals surface area contributed by atoms with E-state index in [9.17, 15) is 9.59 Å². The van der Waals surface area contributed by atoms with Crippen molar-refractivity contribution in [1.29, 1.82) is 0 Å². The number of benzene rings is 1. The van der Waals surface area contributed by atoms with Crippen molar-refractivity contribution in [2.75, 3.05) is 11.4 Å². The SMILES string of the molecule is O=C(O)CC1CC(=O)N(c2ccccc2)C1. The van der Waals surface area contributed by atoms with Crippen LogP contribution in [0, 0.1) is 5.92 Å². The minimum Gasteiger partial charge on any atom is -0.481 e. The first-order chi connectivity index (χ1) is 7.66. The molecule has 16 heavy (non-hydrogen) atoms. The summed E-state index contributed by atoms with van der Waals surface area (Å²) in [6.45, 7) is 0.509. The van der Waals surface area contributed by atoms with Crippen molar-refractivity contribution in [1.82, 2.24) is 0 Å². The molecule has 2 rings (SSSR count). The molecular formula is C12H13NO3. The van der Waals surface area contributed by atoms with Crippen molar-refractivity contribution < 1.29 is 14.7 Å². The van der Waals surface area contributed by atoms with Crippen molar-refractivity contribution in [3.05, 3.63) is 30.3 Å². The molecule has 1 N–H and O–H groups in total. The van der Waals surface area contributed by atoms with E-state index in [1.807, 2.05) is 30.3 Å². The lowest BCUT2D eigenvalue weighted by molar-refractivity contribution is -0.137. The van der Waals surface area contributed by atoms with Crippen LogP contribution in [0.4, 0.5) is 5.69 Å². The molecular weight excluding hydrogens is 206 g/mol. The third kappa shape index (κ3) is 2.21. The summed E-state index contributed by atoms with van der Waals surface area (Å²) in [5.41, 5.74) is 0.848. The van der Waals surface area contributed by atoms with Crippen molar-refractivity contribution in [2.24, 2.45) is 5.92 Å². The van der Waals surface area contributed by atoms with E-state index in [2.05, 4.69) is 0 Å². The van der Waals surface area contributed by atoms with Gasteiger partial charge in [0.05, 0.1) is 6.42 Å². The number of rotatable bonds is 3. The molecule has 1 aromatic carbocycles. The lowest BCUT2D eigenvalue weighted by atomic mass is 10.1. The van der Waals surface area contributed by atoms with Gasteiger partial charge in [0.15, 0.2) is 0 Å². The van der Waals surface area contributed by atoms with Gasteiger partial charge in [-0.2, -0.15) is 0 Å². The lowest BCUT2D eigenvalue weighted by Crippen LogP contribution is -2.24. The summed E-state index contributed by atoms with van der Waals surface area (Å²) in [7, 11) is 0. The van der Waals surface area contributed by atoms with Gasteiger partial charge < -0.3 is 10.0 Å². The minimum atomic E-state index is -0.840. The Kier molecular flexibility index (Phi) is 2.90. The first kappa shape index (κ1) is 10.7. The number of anilines is 1. The Bertz CT molecular complexity index is 402. The first-order valence-electron chi connectivity index (χ1n) is 5.24. The number of aliphatic carboxylic acids is 1. The van der Waals surface area contributed by atoms with Crippen molar-refractivity contribution in [3.8, 4) is 0 Å². The molecule has 0 aromatic heterocycles. The summed E-state index contributed by atoms with van der Waals surface area (Å²) < 4.78 is 0. The van der Waals surface area contributed by atoms with Gasteiger partial charge in [0.25, 0.3) is 0 Å². The molecule has 1 aliphatic heterocycles. The predicted molar refractivity (Wildman–Crippen MR) is 59.2 cm³/mol. The molecule has 1 aromatic rings. The molecule has 1 amide bonds. The number of carbonyl (C=O) groups is 2. The zero-order valence-corrected chi connectivity index (χ0v) is 8.80. The topological polar surface area (TPSA) is 57.6 Å². The summed E-state index contributed by atoms with van der Waals surface area (Å²) in [4.78, 5) is 23.9. The van der Waals surface area contributed by atoms with Gasteiger partial charge in [-0.05, 0) is 18.1 Å². The second-order valence-corrected chi connectivity index (χ2v) is 4.01. The van der Waals surface area contributed by atoms with E-state index in [4.69, 9.17) is 5.11 Å². The van der Waals surface area contributed by atoms with E-state index in [1.54, 1.807) is 4.90 Å². The molecule has 1 saturated heterocycles. The Hall–Kier alpha value is -1.84. The van der Waals surface area contributed by atoms with Crippen LogP contribution in [0.5, 0.6) is 0 Å². The van der Waals surface area contributed by atoms with Crippen molar-refractivity contribution in [3.63, 3.8) is 0 Å². The minimum absolute atomic E-state index is 0.0115. The summed E-state index contributed by atoms with van der Waals surface area (Å²) in [5.74, 6) is -0.893. The Balaban J connectivity index is 2.08. The number of hydrogen-bond donors (Lipinski definition) is 1. The normalized spacial score (nSPS) is 20.1. The highest BCUT2D eigenvalue weighted by Gasteiger charge is 2.31. The number of carbonyl (C=O) groups excluding carboxylic acids is 1. The van der Waals surface area contributed by atoms with Gasteiger partial charge in [-0.1, -0.05) is 18.2 Å². The van der Waals surface area contributed by atoms with Gasteiger partial charge in [0.2, 0.25) is 5.91 Å². The molecule has 0 radical (unpaired) electrons. The molecule has 0 spiro atoms. The largest absolute Gasteiger partial charge is 0.481 e. The van der Waals surface area contributed by atoms with E-state index < -0.39 is 5.97 Å². The predicted octanol–water partition coefficient (Wildman–Crippen LogP) is 1.51. The highest BCUT2D eigenvalue weighted by molar-refractivity contribution is 5.96. The monoisotopic (exact) mass is 219 g/mol. The molecule has 4 heteroatoms. The van der Waals surface area contributed by atoms with Crippen LogP contribution in [-0.2, 0) is 9.59 Å². The lowest BCUT2D eigenvalue weighted by Gasteiger charge is -2.16. The average Bonchev–Trinajstić information content (AvgIpc) is 2.60. The maximum Gasteiger partial charge on any atom is 0.303 e. The van der Waals surface area contributed by atoms with Crippen LogP contribution in [0.3, 0.4) is 0 Å². The number of carboxylic acid groups (broad SMARTS) is 1. The van der Waals surface area contributed by atoms with E-state index in [0.717, 1.165) is 5.69 Å². The first-order valence-corrected chi connectivity index (χ1v) is 5.24. The van der Waals surface area contributed by atoms with Gasteiger partial charge in [-0.3, -0.25) is 9.59 Å². The molecule has 4 nitrogen and oxygen atoms in total. The molecule has 0 saturated carbocycles. The Morgan fingerprint density at radius 2 is 2.06 bits per heavy atom. The van der Waals surface area contributed by atoms with Gasteiger partial charge in [0, 0.05) is 18.7 Å². The smallest absolute Gasteiger partial charge is 0.303 e. The quantitative estimate of drug-likeness (QED) is 0.838. The van der Waals surface area contributed by atoms with Gasteiger partial charge >= 0.3 is 5.97 Å². The Morgan fingerprint density at radius 3 is 2.69 bits per heavy atom. The van der Waals surface area contributed by atoms with Crippen LogP contribution in [0.15, 0.2) is 30.3 Å². The van der Waals surface area contributed by atoms with Crippen molar-refractivity contribution in [2.45, 2.75) is 12.8 Å². The molecule has 1 atom stereocenters. The Morgan fingerprint density at radius 1 is 1.38 bits per heavy atom. The number of amides is 1. The van der Waals surface area contributed by atoms with Gasteiger partial charge in [-0.15, -0.1) is 0 Å². The molecule has 84 valence electrons. The molecule has 1 heterocycles. The molecule has 1 unspecified atom stereocenters. The van der Waals surface area contributed by atoms with Crippen molar-refractivity contribution >= 4 is 17.6 Å². The standard InChI is InChI=1S/C12H13NO3/c14-11-6-9(7-12(15)16)8-13(11)10-4-2-1-3-5-10/h1-5,9H,6-8H2,(H,15,16). The van der Waals surface area contributed by atoms with Crippen LogP contribution in [-0.4, -0.2) is 23.5 Å². The number of carboxylic acids is 1. The summed E-state index contributed by atoms with van der Waals surface area (Å²) in [6.07, 6.45) is 0.399. The van der Waals surface area contributed by atoms with Crippen LogP contribution in [0.1, 0.15) is 12.8 Å². The van der Waals surface area contributed by atoms with E-state index in [-0.39, 0.29) is 18.2 Å². The second kappa shape index (κ2) is 4.35. The molecule has 0 aliphatic carbocycles. The number of hydrogen-bond acceptors (Lipinski definition) is 2. The molecule has 0 bridgehead atoms. The third-order valence-electron chi connectivity index (χ3n) is 2.74. The van der Waals surface area contributed by atoms with E-state index in [0.29, 0.717) is 13.0 Å². The van der Waals surface area contributed by atoms with Crippen LogP contribution in [0.2, 0.25) is 0 Å². The summed E-state index contributed by atoms with van der Waals surface area (Å²) in [6, 6.07) is 9.35. The van der Waals surface area contributed by atoms with Crippen LogP contribution in [0.25, 0.3) is 0 Å². The fourth-order valence-corrected chi connectivity index (χ4v) is 2.02. The zero-order valence-electron chi connectivity index (χ0n) is 8.80. The van der Waals surface area contributed by atoms with E-state index >= 15 is 0 Å². The van der Waals surface area contributed by atoms with Crippen LogP contribution < -0.4 is 4.90 Å². The van der Waals surface area contributed by atoms with Crippen LogP contribution >= 0.6 is 0 Å².